The van der Waals surface area contributed by atoms with Crippen LogP contribution in [0.2, 0.25) is 0 Å². The minimum absolute atomic E-state index is 0.171. The van der Waals surface area contributed by atoms with Gasteiger partial charge < -0.3 is 0 Å². The number of piperidine rings is 1. The molecule has 1 N–H and O–H groups in total. The highest BCUT2D eigenvalue weighted by atomic mass is 16.5. The van der Waals surface area contributed by atoms with Crippen LogP contribution in [0.25, 0.3) is 0 Å². The van der Waals surface area contributed by atoms with Gasteiger partial charge in [-0.1, -0.05) is 60.7 Å². The lowest BCUT2D eigenvalue weighted by atomic mass is 9.82. The first-order valence-electron chi connectivity index (χ1n) is 8.33. The predicted molar refractivity (Wildman–Crippen MR) is 90.2 cm³/mol. The molecule has 1 fully saturated rings. The molecule has 2 aromatic carbocycles. The third-order valence-electron chi connectivity index (χ3n) is 4.68. The zero-order valence-electron chi connectivity index (χ0n) is 13.3. The molecule has 1 amide bonds. The Morgan fingerprint density at radius 1 is 1.00 bits per heavy atom. The fraction of sp³-hybridized carbons (Fsp3) is 0.350. The largest absolute Gasteiger partial charge is 0.286 e. The van der Waals surface area contributed by atoms with Crippen molar-refractivity contribution in [2.24, 2.45) is 5.92 Å². The third-order valence-corrected chi connectivity index (χ3v) is 4.68. The van der Waals surface area contributed by atoms with Crippen LogP contribution in [-0.4, -0.2) is 22.7 Å². The van der Waals surface area contributed by atoms with Gasteiger partial charge in [-0.25, -0.2) is 5.06 Å². The molecule has 1 heterocycles. The Labute approximate surface area is 137 Å². The average molecular weight is 309 g/mol. The number of hydrogen-bond donors (Lipinski definition) is 1. The minimum Gasteiger partial charge on any atom is -0.286 e. The van der Waals surface area contributed by atoms with Crippen molar-refractivity contribution in [2.45, 2.75) is 31.6 Å². The summed E-state index contributed by atoms with van der Waals surface area (Å²) in [6.45, 7) is 0.455. The van der Waals surface area contributed by atoms with Crippen LogP contribution in [0.4, 0.5) is 0 Å². The number of hydrogen-bond acceptors (Lipinski definition) is 2. The average Bonchev–Trinajstić information content (AvgIpc) is 2.59. The zero-order chi connectivity index (χ0) is 16.1. The van der Waals surface area contributed by atoms with Crippen molar-refractivity contribution < 1.29 is 10.0 Å². The Balaban J connectivity index is 1.59. The van der Waals surface area contributed by atoms with Crippen LogP contribution in [0.5, 0.6) is 0 Å². The van der Waals surface area contributed by atoms with E-state index in [1.165, 1.54) is 5.56 Å². The van der Waals surface area contributed by atoms with Crippen molar-refractivity contribution in [3.63, 3.8) is 0 Å². The zero-order valence-corrected chi connectivity index (χ0v) is 13.3. The van der Waals surface area contributed by atoms with Crippen molar-refractivity contribution in [2.75, 3.05) is 6.54 Å². The summed E-state index contributed by atoms with van der Waals surface area (Å²) in [7, 11) is 0. The monoisotopic (exact) mass is 309 g/mol. The summed E-state index contributed by atoms with van der Waals surface area (Å²) in [6.07, 6.45) is 3.99. The summed E-state index contributed by atoms with van der Waals surface area (Å²) >= 11 is 0. The molecule has 2 aromatic rings. The lowest BCUT2D eigenvalue weighted by molar-refractivity contribution is -0.176. The Hall–Kier alpha value is -2.13. The van der Waals surface area contributed by atoms with E-state index in [0.717, 1.165) is 36.3 Å². The molecule has 0 spiro atoms. The fourth-order valence-electron chi connectivity index (χ4n) is 3.44. The van der Waals surface area contributed by atoms with Gasteiger partial charge in [0, 0.05) is 0 Å². The number of carbonyl (C=O) groups excluding carboxylic acids is 1. The molecule has 0 saturated carbocycles. The lowest BCUT2D eigenvalue weighted by Crippen LogP contribution is -2.42. The van der Waals surface area contributed by atoms with Crippen molar-refractivity contribution in [3.05, 3.63) is 71.8 Å². The molecular weight excluding hydrogens is 286 g/mol. The summed E-state index contributed by atoms with van der Waals surface area (Å²) in [5.74, 6) is -0.0289. The van der Waals surface area contributed by atoms with E-state index in [4.69, 9.17) is 0 Å². The van der Waals surface area contributed by atoms with Crippen molar-refractivity contribution in [3.8, 4) is 0 Å². The third kappa shape index (κ3) is 3.99. The number of carbonyl (C=O) groups is 1. The second-order valence-electron chi connectivity index (χ2n) is 6.36. The number of hydroxylamine groups is 2. The highest BCUT2D eigenvalue weighted by Gasteiger charge is 2.34. The Morgan fingerprint density at radius 2 is 1.65 bits per heavy atom. The second kappa shape index (κ2) is 7.42. The Morgan fingerprint density at radius 3 is 2.35 bits per heavy atom. The van der Waals surface area contributed by atoms with E-state index in [-0.39, 0.29) is 11.8 Å². The van der Waals surface area contributed by atoms with Crippen LogP contribution in [-0.2, 0) is 11.2 Å². The molecule has 120 valence electrons. The van der Waals surface area contributed by atoms with E-state index in [1.807, 2.05) is 36.4 Å². The molecule has 1 aliphatic rings. The van der Waals surface area contributed by atoms with Crippen molar-refractivity contribution in [1.29, 1.82) is 0 Å². The van der Waals surface area contributed by atoms with Crippen LogP contribution in [0, 0.1) is 5.92 Å². The van der Waals surface area contributed by atoms with Crippen molar-refractivity contribution in [1.82, 2.24) is 5.06 Å². The van der Waals surface area contributed by atoms with E-state index in [2.05, 4.69) is 24.3 Å². The molecule has 1 aliphatic heterocycles. The molecule has 3 heteroatoms. The van der Waals surface area contributed by atoms with Gasteiger partial charge >= 0.3 is 0 Å². The molecule has 23 heavy (non-hydrogen) atoms. The first-order valence-corrected chi connectivity index (χ1v) is 8.33. The van der Waals surface area contributed by atoms with Crippen LogP contribution in [0.15, 0.2) is 60.7 Å². The molecule has 3 nitrogen and oxygen atoms in total. The molecular formula is C20H23NO2. The van der Waals surface area contributed by atoms with Gasteiger partial charge in [0.1, 0.15) is 0 Å². The van der Waals surface area contributed by atoms with E-state index < -0.39 is 0 Å². The molecule has 0 aromatic heterocycles. The number of rotatable bonds is 5. The van der Waals surface area contributed by atoms with Gasteiger partial charge in [-0.15, -0.1) is 0 Å². The summed E-state index contributed by atoms with van der Waals surface area (Å²) in [6, 6.07) is 20.3. The highest BCUT2D eigenvalue weighted by molar-refractivity contribution is 5.83. The highest BCUT2D eigenvalue weighted by Crippen LogP contribution is 2.32. The normalized spacial score (nSPS) is 21.4. The first kappa shape index (κ1) is 15.8. The molecule has 2 atom stereocenters. The topological polar surface area (TPSA) is 40.5 Å². The molecule has 3 rings (SSSR count). The van der Waals surface area contributed by atoms with Gasteiger partial charge in [0.05, 0.1) is 12.5 Å². The van der Waals surface area contributed by atoms with E-state index in [9.17, 15) is 10.0 Å². The van der Waals surface area contributed by atoms with Gasteiger partial charge in [-0.05, 0) is 42.7 Å². The molecule has 1 saturated heterocycles. The maximum Gasteiger partial charge on any atom is 0.253 e. The standard InChI is InChI=1S/C20H23NO2/c22-20-19(18-12-5-2-6-13-18)14-17(15-21(20)23)11-7-10-16-8-3-1-4-9-16/h1-6,8-9,12-13,17,19,23H,7,10-11,14-15H2. The predicted octanol–water partition coefficient (Wildman–Crippen LogP) is 4.03. The number of aryl methyl sites for hydroxylation is 1. The summed E-state index contributed by atoms with van der Waals surface area (Å²) in [5, 5.41) is 10.9. The first-order chi connectivity index (χ1) is 11.2. The fourth-order valence-corrected chi connectivity index (χ4v) is 3.44. The van der Waals surface area contributed by atoms with Crippen LogP contribution < -0.4 is 0 Å². The lowest BCUT2D eigenvalue weighted by Gasteiger charge is -2.33. The van der Waals surface area contributed by atoms with E-state index in [0.29, 0.717) is 12.5 Å². The summed E-state index contributed by atoms with van der Waals surface area (Å²) in [5.41, 5.74) is 2.35. The summed E-state index contributed by atoms with van der Waals surface area (Å²) in [4.78, 5) is 12.2. The van der Waals surface area contributed by atoms with Gasteiger partial charge in [0.2, 0.25) is 0 Å². The number of amides is 1. The van der Waals surface area contributed by atoms with E-state index >= 15 is 0 Å². The molecule has 0 radical (unpaired) electrons. The summed E-state index contributed by atoms with van der Waals surface area (Å²) < 4.78 is 0. The SMILES string of the molecule is O=C1C(c2ccccc2)CC(CCCc2ccccc2)CN1O. The Kier molecular flexibility index (Phi) is 5.09. The number of benzene rings is 2. The van der Waals surface area contributed by atoms with Crippen LogP contribution in [0.1, 0.15) is 36.3 Å². The molecule has 0 aliphatic carbocycles. The molecule has 0 bridgehead atoms. The van der Waals surface area contributed by atoms with Crippen LogP contribution >= 0.6 is 0 Å². The maximum absolute atomic E-state index is 12.2. The van der Waals surface area contributed by atoms with Gasteiger partial charge in [0.25, 0.3) is 5.91 Å². The Bertz CT molecular complexity index is 627. The quantitative estimate of drug-likeness (QED) is 0.847. The smallest absolute Gasteiger partial charge is 0.253 e. The minimum atomic E-state index is -0.211. The number of nitrogens with zero attached hydrogens (tertiary/aromatic N) is 1. The van der Waals surface area contributed by atoms with Crippen LogP contribution in [0.3, 0.4) is 0 Å². The second-order valence-corrected chi connectivity index (χ2v) is 6.36. The van der Waals surface area contributed by atoms with Crippen molar-refractivity contribution >= 4 is 5.91 Å². The maximum atomic E-state index is 12.2. The van der Waals surface area contributed by atoms with E-state index in [1.54, 1.807) is 0 Å². The van der Waals surface area contributed by atoms with Gasteiger partial charge in [0.15, 0.2) is 0 Å². The molecule has 2 unspecified atom stereocenters. The van der Waals surface area contributed by atoms with Gasteiger partial charge in [-0.3, -0.25) is 10.0 Å². The van der Waals surface area contributed by atoms with Gasteiger partial charge in [-0.2, -0.15) is 0 Å².